The van der Waals surface area contributed by atoms with Gasteiger partial charge in [-0.25, -0.2) is 4.99 Å². The SMILES string of the molecule is CC(C)(C)[Si]1(C(C)(C)C)C2=CC(=O)C=CC2=Nc2ccc(O)c(-c3sc(I)cc3I)c21. The Morgan fingerprint density at radius 1 is 1.03 bits per heavy atom. The van der Waals surface area contributed by atoms with Crippen LogP contribution in [0.3, 0.4) is 0 Å². The minimum Gasteiger partial charge on any atom is -0.507 e. The van der Waals surface area contributed by atoms with Gasteiger partial charge in [-0.15, -0.1) is 11.3 Å². The Balaban J connectivity index is 2.27. The van der Waals surface area contributed by atoms with Crippen LogP contribution in [0.15, 0.2) is 46.6 Å². The van der Waals surface area contributed by atoms with Gasteiger partial charge in [-0.05, 0) is 102 Å². The average Bonchev–Trinajstić information content (AvgIpc) is 2.95. The lowest BCUT2D eigenvalue weighted by atomic mass is 10.1. The van der Waals surface area contributed by atoms with E-state index >= 15 is 0 Å². The molecule has 0 amide bonds. The van der Waals surface area contributed by atoms with Crippen LogP contribution in [-0.4, -0.2) is 24.7 Å². The van der Waals surface area contributed by atoms with Crippen molar-refractivity contribution in [3.05, 3.63) is 48.1 Å². The number of carbonyl (C=O) groups is 1. The Bertz CT molecular complexity index is 1200. The summed E-state index contributed by atoms with van der Waals surface area (Å²) in [6.07, 6.45) is 5.31. The lowest BCUT2D eigenvalue weighted by Gasteiger charge is -2.56. The minimum atomic E-state index is -2.68. The number of nitrogens with zero attached hydrogens (tertiary/aromatic N) is 1. The summed E-state index contributed by atoms with van der Waals surface area (Å²) in [5, 5.41) is 13.2. The minimum absolute atomic E-state index is 0.0183. The lowest BCUT2D eigenvalue weighted by Crippen LogP contribution is -2.66. The van der Waals surface area contributed by atoms with Crippen molar-refractivity contribution in [3.8, 4) is 16.2 Å². The Hall–Kier alpha value is -0.783. The summed E-state index contributed by atoms with van der Waals surface area (Å²) in [6.45, 7) is 13.7. The monoisotopic (exact) mass is 673 g/mol. The molecule has 162 valence electrons. The molecule has 1 aliphatic heterocycles. The summed E-state index contributed by atoms with van der Waals surface area (Å²) in [5.74, 6) is 0.307. The van der Waals surface area contributed by atoms with Gasteiger partial charge in [0.2, 0.25) is 0 Å². The van der Waals surface area contributed by atoms with Gasteiger partial charge in [-0.3, -0.25) is 4.79 Å². The molecule has 0 radical (unpaired) electrons. The standard InChI is InChI=1S/C24H25I2NO2SSi/c1-23(2,3)31(24(4,5)6)18-11-13(28)7-8-15(18)27-16-9-10-17(29)20(22(16)31)21-14(25)12-19(26)30-21/h7-12,29H,1-6H3. The van der Waals surface area contributed by atoms with Crippen LogP contribution in [0, 0.1) is 6.45 Å². The molecule has 1 aromatic carbocycles. The maximum atomic E-state index is 12.6. The number of aliphatic imine (C=N–C) groups is 1. The van der Waals surface area contributed by atoms with Gasteiger partial charge < -0.3 is 5.11 Å². The van der Waals surface area contributed by atoms with E-state index in [2.05, 4.69) is 92.8 Å². The van der Waals surface area contributed by atoms with Crippen molar-refractivity contribution in [2.75, 3.05) is 0 Å². The first-order valence-electron chi connectivity index (χ1n) is 10.1. The highest BCUT2D eigenvalue weighted by Crippen LogP contribution is 2.59. The summed E-state index contributed by atoms with van der Waals surface area (Å²) < 4.78 is 2.31. The quantitative estimate of drug-likeness (QED) is 0.197. The van der Waals surface area contributed by atoms with E-state index in [1.807, 2.05) is 18.2 Å². The first-order chi connectivity index (χ1) is 14.3. The summed E-state index contributed by atoms with van der Waals surface area (Å²) in [5.41, 5.74) is 2.72. The lowest BCUT2D eigenvalue weighted by molar-refractivity contribution is -0.110. The molecular formula is C24H25I2NO2SSi. The highest BCUT2D eigenvalue weighted by molar-refractivity contribution is 14.1. The molecule has 0 saturated carbocycles. The third-order valence-corrected chi connectivity index (χ3v) is 16.4. The second-order valence-corrected chi connectivity index (χ2v) is 19.8. The molecule has 0 bridgehead atoms. The second-order valence-electron chi connectivity index (χ2n) is 10.1. The van der Waals surface area contributed by atoms with E-state index in [1.165, 1.54) is 2.88 Å². The molecule has 2 aromatic rings. The largest absolute Gasteiger partial charge is 0.507 e. The topological polar surface area (TPSA) is 49.7 Å². The fourth-order valence-corrected chi connectivity index (χ4v) is 16.9. The third-order valence-electron chi connectivity index (χ3n) is 6.28. The summed E-state index contributed by atoms with van der Waals surface area (Å²) >= 11 is 6.41. The van der Waals surface area contributed by atoms with Crippen molar-refractivity contribution in [1.29, 1.82) is 0 Å². The van der Waals surface area contributed by atoms with Crippen LogP contribution >= 0.6 is 56.5 Å². The van der Waals surface area contributed by atoms with Crippen LogP contribution in [0.2, 0.25) is 10.1 Å². The molecule has 2 heterocycles. The molecule has 0 saturated heterocycles. The van der Waals surface area contributed by atoms with E-state index in [0.29, 0.717) is 0 Å². The summed E-state index contributed by atoms with van der Waals surface area (Å²) in [6, 6.07) is 5.88. The average molecular weight is 673 g/mol. The smallest absolute Gasteiger partial charge is 0.178 e. The van der Waals surface area contributed by atoms with E-state index in [-0.39, 0.29) is 21.6 Å². The number of phenolic OH excluding ortho intramolecular Hbond substituents is 1. The first-order valence-corrected chi connectivity index (χ1v) is 15.1. The number of hydrogen-bond donors (Lipinski definition) is 1. The molecule has 4 rings (SSSR count). The van der Waals surface area contributed by atoms with Crippen molar-refractivity contribution in [1.82, 2.24) is 0 Å². The normalized spacial score (nSPS) is 17.7. The van der Waals surface area contributed by atoms with E-state index in [9.17, 15) is 9.90 Å². The van der Waals surface area contributed by atoms with Crippen molar-refractivity contribution >= 4 is 87.0 Å². The maximum absolute atomic E-state index is 12.6. The van der Waals surface area contributed by atoms with Crippen LogP contribution in [0.5, 0.6) is 5.75 Å². The molecule has 0 fully saturated rings. The van der Waals surface area contributed by atoms with Gasteiger partial charge in [0, 0.05) is 9.13 Å². The number of fused-ring (bicyclic) bond motifs is 2. The Kier molecular flexibility index (Phi) is 5.75. The van der Waals surface area contributed by atoms with Crippen molar-refractivity contribution in [3.63, 3.8) is 0 Å². The molecule has 31 heavy (non-hydrogen) atoms. The molecular weight excluding hydrogens is 648 g/mol. The Morgan fingerprint density at radius 3 is 2.23 bits per heavy atom. The van der Waals surface area contributed by atoms with Crippen LogP contribution in [0.4, 0.5) is 5.69 Å². The van der Waals surface area contributed by atoms with Crippen LogP contribution in [0.1, 0.15) is 41.5 Å². The molecule has 1 N–H and O–H groups in total. The molecule has 1 aliphatic carbocycles. The number of carbonyl (C=O) groups excluding carboxylic acids is 1. The fourth-order valence-electron chi connectivity index (χ4n) is 5.66. The molecule has 1 aromatic heterocycles. The van der Waals surface area contributed by atoms with Crippen molar-refractivity contribution in [2.45, 2.75) is 51.6 Å². The summed E-state index contributed by atoms with van der Waals surface area (Å²) in [4.78, 5) is 18.7. The highest BCUT2D eigenvalue weighted by Gasteiger charge is 2.61. The first kappa shape index (κ1) is 23.4. The predicted molar refractivity (Wildman–Crippen MR) is 151 cm³/mol. The van der Waals surface area contributed by atoms with Gasteiger partial charge in [0.15, 0.2) is 5.78 Å². The highest BCUT2D eigenvalue weighted by atomic mass is 127. The Morgan fingerprint density at radius 2 is 1.68 bits per heavy atom. The maximum Gasteiger partial charge on any atom is 0.178 e. The van der Waals surface area contributed by atoms with Crippen molar-refractivity contribution in [2.24, 2.45) is 4.99 Å². The summed E-state index contributed by atoms with van der Waals surface area (Å²) in [7, 11) is -2.68. The van der Waals surface area contributed by atoms with E-state index in [1.54, 1.807) is 23.5 Å². The Labute approximate surface area is 216 Å². The number of halogens is 2. The predicted octanol–water partition coefficient (Wildman–Crippen LogP) is 7.28. The number of ketones is 1. The number of aromatic hydroxyl groups is 1. The van der Waals surface area contributed by atoms with Gasteiger partial charge in [0.25, 0.3) is 0 Å². The zero-order chi connectivity index (χ0) is 22.9. The van der Waals surface area contributed by atoms with Gasteiger partial charge in [-0.2, -0.15) is 0 Å². The van der Waals surface area contributed by atoms with Crippen LogP contribution < -0.4 is 5.19 Å². The molecule has 3 nitrogen and oxygen atoms in total. The van der Waals surface area contributed by atoms with Gasteiger partial charge in [-0.1, -0.05) is 41.5 Å². The second kappa shape index (κ2) is 7.63. The van der Waals surface area contributed by atoms with Gasteiger partial charge in [0.1, 0.15) is 13.8 Å². The third kappa shape index (κ3) is 3.45. The fraction of sp³-hybridized carbons (Fsp3) is 0.333. The number of hydrogen-bond acceptors (Lipinski definition) is 4. The molecule has 0 atom stereocenters. The van der Waals surface area contributed by atoms with Crippen LogP contribution in [-0.2, 0) is 4.79 Å². The number of rotatable bonds is 1. The van der Waals surface area contributed by atoms with E-state index in [0.717, 1.165) is 35.8 Å². The zero-order valence-electron chi connectivity index (χ0n) is 18.4. The van der Waals surface area contributed by atoms with Crippen LogP contribution in [0.25, 0.3) is 10.4 Å². The van der Waals surface area contributed by atoms with Crippen molar-refractivity contribution < 1.29 is 9.90 Å². The zero-order valence-corrected chi connectivity index (χ0v) is 24.6. The molecule has 0 spiro atoms. The molecule has 2 aliphatic rings. The number of thiophene rings is 1. The van der Waals surface area contributed by atoms with Gasteiger partial charge >= 0.3 is 0 Å². The van der Waals surface area contributed by atoms with E-state index in [4.69, 9.17) is 4.99 Å². The van der Waals surface area contributed by atoms with Gasteiger partial charge in [0.05, 0.1) is 19.2 Å². The number of benzene rings is 1. The molecule has 0 unspecified atom stereocenters. The number of allylic oxidation sites excluding steroid dienone is 4. The number of phenols is 1. The van der Waals surface area contributed by atoms with E-state index < -0.39 is 8.07 Å². The molecule has 7 heteroatoms.